The third-order valence-electron chi connectivity index (χ3n) is 15.3. The summed E-state index contributed by atoms with van der Waals surface area (Å²) >= 11 is 0. The third kappa shape index (κ3) is 4.46. The van der Waals surface area contributed by atoms with Gasteiger partial charge in [-0.3, -0.25) is 4.79 Å². The molecule has 0 aromatic carbocycles. The lowest BCUT2D eigenvalue weighted by molar-refractivity contribution is -0.298. The molecule has 1 heterocycles. The van der Waals surface area contributed by atoms with Crippen LogP contribution in [-0.4, -0.2) is 97.3 Å². The molecular weight excluding hydrogens is 592 g/mol. The fraction of sp³-hybridized carbons (Fsp3) is 0.917. The largest absolute Gasteiger partial charge is 0.432 e. The minimum absolute atomic E-state index is 0.185. The van der Waals surface area contributed by atoms with Crippen molar-refractivity contribution in [3.63, 3.8) is 0 Å². The topological polar surface area (TPSA) is 177 Å². The SMILES string of the molecule is CC1(C)CC[C@]2(C(=O)O[C@@H]3O[C@H](CO)[C@@H](O)[C@H](O)[C@H]3O)CC[C@]3(C)C(=CC[C@@H]4[C@@]5(C)C[C@@H](O)[C@H](O)C(C)(C)[C@H]5CC[C@]43C)[C@H]2[C@@H]1O. The van der Waals surface area contributed by atoms with Gasteiger partial charge in [-0.2, -0.15) is 0 Å². The molecule has 262 valence electrons. The van der Waals surface area contributed by atoms with E-state index in [1.54, 1.807) is 0 Å². The average Bonchev–Trinajstić information content (AvgIpc) is 2.98. The number of rotatable bonds is 3. The van der Waals surface area contributed by atoms with Crippen LogP contribution in [-0.2, 0) is 14.3 Å². The van der Waals surface area contributed by atoms with Crippen LogP contribution in [0.15, 0.2) is 11.6 Å². The highest BCUT2D eigenvalue weighted by Crippen LogP contribution is 2.75. The van der Waals surface area contributed by atoms with Gasteiger partial charge in [-0.25, -0.2) is 0 Å². The molecule has 10 heteroatoms. The number of aliphatic hydroxyl groups is 7. The molecule has 0 aromatic heterocycles. The first kappa shape index (κ1) is 34.7. The number of fused-ring (bicyclic) bond motifs is 7. The summed E-state index contributed by atoms with van der Waals surface area (Å²) < 4.78 is 11.4. The Bertz CT molecular complexity index is 1250. The summed E-state index contributed by atoms with van der Waals surface area (Å²) in [6.07, 6.45) is -2.48. The van der Waals surface area contributed by atoms with Crippen LogP contribution in [0.2, 0.25) is 0 Å². The molecule has 0 amide bonds. The van der Waals surface area contributed by atoms with Gasteiger partial charge < -0.3 is 45.2 Å². The number of hydrogen-bond donors (Lipinski definition) is 7. The molecule has 5 fully saturated rings. The maximum Gasteiger partial charge on any atom is 0.315 e. The summed E-state index contributed by atoms with van der Waals surface area (Å²) in [5.41, 5.74) is -1.64. The summed E-state index contributed by atoms with van der Waals surface area (Å²) in [5.74, 6) is -0.666. The van der Waals surface area contributed by atoms with Crippen molar-refractivity contribution in [3.05, 3.63) is 11.6 Å². The summed E-state index contributed by atoms with van der Waals surface area (Å²) in [6, 6.07) is 0. The minimum Gasteiger partial charge on any atom is -0.432 e. The molecule has 0 unspecified atom stereocenters. The lowest BCUT2D eigenvalue weighted by atomic mass is 9.33. The second-order valence-corrected chi connectivity index (χ2v) is 18.0. The summed E-state index contributed by atoms with van der Waals surface area (Å²) in [6.45, 7) is 14.6. The molecule has 6 aliphatic rings. The van der Waals surface area contributed by atoms with Crippen molar-refractivity contribution < 1.29 is 50.0 Å². The Morgan fingerprint density at radius 1 is 0.848 bits per heavy atom. The molecule has 15 atom stereocenters. The number of esters is 1. The quantitative estimate of drug-likeness (QED) is 0.177. The first-order valence-corrected chi connectivity index (χ1v) is 17.5. The number of aliphatic hydroxyl groups excluding tert-OH is 7. The lowest BCUT2D eigenvalue weighted by Gasteiger charge is -2.71. The number of carbonyl (C=O) groups is 1. The normalized spacial score (nSPS) is 54.3. The zero-order chi connectivity index (χ0) is 34.0. The Labute approximate surface area is 273 Å². The fourth-order valence-electron chi connectivity index (χ4n) is 12.1. The molecule has 7 N–H and O–H groups in total. The van der Waals surface area contributed by atoms with Gasteiger partial charge in [0.25, 0.3) is 0 Å². The number of carbonyl (C=O) groups excluding carboxylic acids is 1. The second-order valence-electron chi connectivity index (χ2n) is 18.0. The molecule has 0 bridgehead atoms. The standard InChI is InChI=1S/C36H58O10/c1-31(2)12-14-36(30(44)46-29-26(41)25(40)24(39)20(17-37)45-29)15-13-34(6)18(23(36)28(31)43)8-9-22-33(5)16-19(38)27(42)32(3,4)21(33)10-11-35(22,34)7/h8,19-29,37-43H,9-17H2,1-7H3/t19-,20-,21-,22-,23+,24-,25+,26-,27+,28+,29+,33+,34-,35-,36+/m1/s1. The third-order valence-corrected chi connectivity index (χ3v) is 15.3. The van der Waals surface area contributed by atoms with E-state index in [0.29, 0.717) is 32.1 Å². The van der Waals surface area contributed by atoms with E-state index in [9.17, 15) is 40.5 Å². The molecule has 4 saturated carbocycles. The van der Waals surface area contributed by atoms with Gasteiger partial charge in [0, 0.05) is 5.92 Å². The zero-order valence-electron chi connectivity index (χ0n) is 28.6. The predicted octanol–water partition coefficient (Wildman–Crippen LogP) is 2.43. The predicted molar refractivity (Wildman–Crippen MR) is 168 cm³/mol. The molecule has 0 radical (unpaired) electrons. The van der Waals surface area contributed by atoms with Gasteiger partial charge in [-0.05, 0) is 90.3 Å². The molecule has 0 spiro atoms. The maximum atomic E-state index is 14.4. The Kier molecular flexibility index (Phi) is 8.27. The van der Waals surface area contributed by atoms with Crippen LogP contribution in [0, 0.1) is 50.2 Å². The van der Waals surface area contributed by atoms with Gasteiger partial charge in [-0.1, -0.05) is 60.1 Å². The van der Waals surface area contributed by atoms with E-state index in [0.717, 1.165) is 24.8 Å². The van der Waals surface area contributed by atoms with Crippen molar-refractivity contribution in [2.75, 3.05) is 6.61 Å². The molecule has 0 aromatic rings. The van der Waals surface area contributed by atoms with E-state index in [-0.39, 0.29) is 28.1 Å². The van der Waals surface area contributed by atoms with Crippen molar-refractivity contribution in [1.29, 1.82) is 0 Å². The highest BCUT2D eigenvalue weighted by molar-refractivity contribution is 5.79. The van der Waals surface area contributed by atoms with Crippen LogP contribution in [0.25, 0.3) is 0 Å². The van der Waals surface area contributed by atoms with Gasteiger partial charge in [0.2, 0.25) is 6.29 Å². The van der Waals surface area contributed by atoms with E-state index >= 15 is 0 Å². The number of ether oxygens (including phenoxy) is 2. The van der Waals surface area contributed by atoms with Gasteiger partial charge in [0.1, 0.15) is 24.4 Å². The monoisotopic (exact) mass is 650 g/mol. The van der Waals surface area contributed by atoms with Crippen LogP contribution < -0.4 is 0 Å². The van der Waals surface area contributed by atoms with E-state index in [4.69, 9.17) is 9.47 Å². The van der Waals surface area contributed by atoms with E-state index < -0.39 is 83.8 Å². The van der Waals surface area contributed by atoms with Crippen LogP contribution >= 0.6 is 0 Å². The molecule has 1 aliphatic heterocycles. The van der Waals surface area contributed by atoms with E-state index in [1.807, 2.05) is 13.8 Å². The maximum absolute atomic E-state index is 14.4. The van der Waals surface area contributed by atoms with Crippen LogP contribution in [0.5, 0.6) is 0 Å². The number of hydrogen-bond acceptors (Lipinski definition) is 10. The fourth-order valence-corrected chi connectivity index (χ4v) is 12.1. The van der Waals surface area contributed by atoms with Crippen molar-refractivity contribution in [3.8, 4) is 0 Å². The smallest absolute Gasteiger partial charge is 0.315 e. The molecule has 46 heavy (non-hydrogen) atoms. The van der Waals surface area contributed by atoms with Crippen molar-refractivity contribution in [2.24, 2.45) is 50.2 Å². The van der Waals surface area contributed by atoms with Gasteiger partial charge >= 0.3 is 5.97 Å². The van der Waals surface area contributed by atoms with E-state index in [2.05, 4.69) is 40.7 Å². The Balaban J connectivity index is 1.39. The van der Waals surface area contributed by atoms with Gasteiger partial charge in [-0.15, -0.1) is 0 Å². The second kappa shape index (κ2) is 10.9. The average molecular weight is 651 g/mol. The molecular formula is C36H58O10. The van der Waals surface area contributed by atoms with Crippen molar-refractivity contribution in [2.45, 2.75) is 149 Å². The van der Waals surface area contributed by atoms with Gasteiger partial charge in [0.05, 0.1) is 30.3 Å². The first-order valence-electron chi connectivity index (χ1n) is 17.5. The van der Waals surface area contributed by atoms with Crippen LogP contribution in [0.1, 0.15) is 99.8 Å². The Morgan fingerprint density at radius 3 is 2.15 bits per heavy atom. The highest BCUT2D eigenvalue weighted by atomic mass is 16.7. The molecule has 6 rings (SSSR count). The molecule has 1 saturated heterocycles. The minimum atomic E-state index is -1.70. The zero-order valence-corrected chi connectivity index (χ0v) is 28.6. The van der Waals surface area contributed by atoms with Crippen molar-refractivity contribution in [1.82, 2.24) is 0 Å². The molecule has 5 aliphatic carbocycles. The van der Waals surface area contributed by atoms with Gasteiger partial charge in [0.15, 0.2) is 0 Å². The lowest BCUT2D eigenvalue weighted by Crippen LogP contribution is -2.68. The molecule has 10 nitrogen and oxygen atoms in total. The summed E-state index contributed by atoms with van der Waals surface area (Å²) in [7, 11) is 0. The Morgan fingerprint density at radius 2 is 1.50 bits per heavy atom. The van der Waals surface area contributed by atoms with Crippen molar-refractivity contribution >= 4 is 5.97 Å². The summed E-state index contributed by atoms with van der Waals surface area (Å²) in [4.78, 5) is 14.4. The van der Waals surface area contributed by atoms with Crippen LogP contribution in [0.4, 0.5) is 0 Å². The number of allylic oxidation sites excluding steroid dienone is 1. The highest BCUT2D eigenvalue weighted by Gasteiger charge is 2.71. The van der Waals surface area contributed by atoms with E-state index in [1.165, 1.54) is 0 Å². The summed E-state index contributed by atoms with van der Waals surface area (Å²) in [5, 5.41) is 75.3. The Hall–Kier alpha value is -1.11. The van der Waals surface area contributed by atoms with Crippen LogP contribution in [0.3, 0.4) is 0 Å². The first-order chi connectivity index (χ1) is 21.2.